The van der Waals surface area contributed by atoms with Crippen molar-refractivity contribution in [3.05, 3.63) is 35.6 Å². The normalized spacial score (nSPS) is 24.2. The van der Waals surface area contributed by atoms with Crippen molar-refractivity contribution in [3.8, 4) is 17.0 Å². The summed E-state index contributed by atoms with van der Waals surface area (Å²) in [6.07, 6.45) is -0.759. The summed E-state index contributed by atoms with van der Waals surface area (Å²) in [5, 5.41) is 4.15. The molecule has 6 rings (SSSR count). The molecule has 2 aliphatic carbocycles. The molecule has 7 nitrogen and oxygen atoms in total. The first-order chi connectivity index (χ1) is 17.0. The standard InChI is InChI=1S/C26H31F3N2O5/c1-25(2,3)35-24(32)31-13-16-10-11-17(31)12-21(16)33-14-19-22(30-36-23(19)15-8-9-15)18-6-4-5-7-20(18)34-26(27,28)29/h4-7,15-17,21H,8-14H2,1-3H3/t16-,17-,21-/m0/s1. The van der Waals surface area contributed by atoms with Crippen LogP contribution in [0.15, 0.2) is 28.8 Å². The molecule has 36 heavy (non-hydrogen) atoms. The zero-order valence-electron chi connectivity index (χ0n) is 20.6. The summed E-state index contributed by atoms with van der Waals surface area (Å²) in [5.41, 5.74) is 0.638. The molecule has 2 saturated heterocycles. The molecule has 10 heteroatoms. The Balaban J connectivity index is 1.33. The first kappa shape index (κ1) is 24.9. The van der Waals surface area contributed by atoms with Gasteiger partial charge < -0.3 is 23.6 Å². The van der Waals surface area contributed by atoms with Gasteiger partial charge in [0.05, 0.1) is 12.7 Å². The molecule has 0 unspecified atom stereocenters. The highest BCUT2D eigenvalue weighted by molar-refractivity contribution is 5.70. The van der Waals surface area contributed by atoms with Crippen LogP contribution in [0, 0.1) is 5.92 Å². The Morgan fingerprint density at radius 1 is 1.14 bits per heavy atom. The lowest BCUT2D eigenvalue weighted by molar-refractivity contribution is -0.274. The number of carbonyl (C=O) groups is 1. The van der Waals surface area contributed by atoms with Gasteiger partial charge in [-0.1, -0.05) is 17.3 Å². The number of ether oxygens (including phenoxy) is 3. The third-order valence-corrected chi connectivity index (χ3v) is 6.98. The van der Waals surface area contributed by atoms with Gasteiger partial charge in [0.1, 0.15) is 22.8 Å². The van der Waals surface area contributed by atoms with Crippen LogP contribution in [0.5, 0.6) is 5.75 Å². The van der Waals surface area contributed by atoms with Crippen molar-refractivity contribution in [2.45, 2.75) is 89.5 Å². The maximum atomic E-state index is 13.0. The Bertz CT molecular complexity index is 1110. The molecule has 4 fully saturated rings. The predicted molar refractivity (Wildman–Crippen MR) is 123 cm³/mol. The van der Waals surface area contributed by atoms with E-state index in [0.29, 0.717) is 30.0 Å². The minimum Gasteiger partial charge on any atom is -0.444 e. The summed E-state index contributed by atoms with van der Waals surface area (Å²) < 4.78 is 60.9. The van der Waals surface area contributed by atoms with Gasteiger partial charge in [-0.25, -0.2) is 4.79 Å². The van der Waals surface area contributed by atoms with E-state index in [-0.39, 0.29) is 48.0 Å². The molecule has 1 amide bonds. The Kier molecular flexibility index (Phi) is 6.43. The van der Waals surface area contributed by atoms with E-state index in [1.54, 1.807) is 12.1 Å². The molecular weight excluding hydrogens is 477 g/mol. The van der Waals surface area contributed by atoms with E-state index in [1.807, 2.05) is 25.7 Å². The molecule has 196 valence electrons. The van der Waals surface area contributed by atoms with Gasteiger partial charge in [0.15, 0.2) is 0 Å². The van der Waals surface area contributed by atoms with Crippen molar-refractivity contribution in [1.82, 2.24) is 10.1 Å². The largest absolute Gasteiger partial charge is 0.573 e. The molecule has 2 bridgehead atoms. The SMILES string of the molecule is CC(C)(C)OC(=O)N1C[C@@H]2CC[C@H]1C[C@@H]2OCc1c(-c2ccccc2OC(F)(F)F)noc1C1CC1. The number of benzene rings is 1. The van der Waals surface area contributed by atoms with Crippen molar-refractivity contribution >= 4 is 6.09 Å². The Morgan fingerprint density at radius 3 is 2.53 bits per heavy atom. The van der Waals surface area contributed by atoms with Crippen LogP contribution in [0.1, 0.15) is 70.1 Å². The van der Waals surface area contributed by atoms with E-state index in [1.165, 1.54) is 12.1 Å². The molecule has 4 aliphatic rings. The summed E-state index contributed by atoms with van der Waals surface area (Å²) in [4.78, 5) is 14.5. The fourth-order valence-electron chi connectivity index (χ4n) is 5.22. The van der Waals surface area contributed by atoms with Crippen molar-refractivity contribution in [1.29, 1.82) is 0 Å². The molecule has 2 aliphatic heterocycles. The second-order valence-electron chi connectivity index (χ2n) is 10.9. The maximum Gasteiger partial charge on any atom is 0.573 e. The Morgan fingerprint density at radius 2 is 1.89 bits per heavy atom. The number of rotatable bonds is 6. The van der Waals surface area contributed by atoms with Crippen LogP contribution >= 0.6 is 0 Å². The van der Waals surface area contributed by atoms with Gasteiger partial charge in [0, 0.05) is 35.5 Å². The average Bonchev–Trinajstić information content (AvgIpc) is 3.56. The van der Waals surface area contributed by atoms with Crippen molar-refractivity contribution < 1.29 is 36.7 Å². The second kappa shape index (κ2) is 9.28. The number of piperidine rings is 2. The first-order valence-corrected chi connectivity index (χ1v) is 12.4. The summed E-state index contributed by atoms with van der Waals surface area (Å²) >= 11 is 0. The third-order valence-electron chi connectivity index (χ3n) is 6.98. The van der Waals surface area contributed by atoms with Gasteiger partial charge in [-0.05, 0) is 65.0 Å². The topological polar surface area (TPSA) is 74.0 Å². The van der Waals surface area contributed by atoms with Crippen LogP contribution in [0.25, 0.3) is 11.3 Å². The smallest absolute Gasteiger partial charge is 0.444 e. The van der Waals surface area contributed by atoms with Gasteiger partial charge in [-0.3, -0.25) is 0 Å². The summed E-state index contributed by atoms with van der Waals surface area (Å²) in [7, 11) is 0. The second-order valence-corrected chi connectivity index (χ2v) is 10.9. The number of para-hydroxylation sites is 1. The zero-order valence-corrected chi connectivity index (χ0v) is 20.6. The lowest BCUT2D eigenvalue weighted by Crippen LogP contribution is -2.57. The number of hydrogen-bond donors (Lipinski definition) is 0. The molecule has 3 heterocycles. The van der Waals surface area contributed by atoms with Gasteiger partial charge in [-0.15, -0.1) is 13.2 Å². The zero-order chi connectivity index (χ0) is 25.7. The van der Waals surface area contributed by atoms with E-state index in [0.717, 1.165) is 25.7 Å². The van der Waals surface area contributed by atoms with Crippen molar-refractivity contribution in [2.75, 3.05) is 6.54 Å². The predicted octanol–water partition coefficient (Wildman–Crippen LogP) is 6.42. The number of fused-ring (bicyclic) bond motifs is 3. The van der Waals surface area contributed by atoms with Crippen molar-refractivity contribution in [2.24, 2.45) is 5.92 Å². The molecule has 2 aromatic rings. The van der Waals surface area contributed by atoms with E-state index < -0.39 is 12.0 Å². The monoisotopic (exact) mass is 508 g/mol. The molecule has 0 radical (unpaired) electrons. The van der Waals surface area contributed by atoms with Crippen LogP contribution in [0.2, 0.25) is 0 Å². The number of hydrogen-bond acceptors (Lipinski definition) is 6. The summed E-state index contributed by atoms with van der Waals surface area (Å²) in [6, 6.07) is 5.98. The first-order valence-electron chi connectivity index (χ1n) is 12.4. The van der Waals surface area contributed by atoms with E-state index >= 15 is 0 Å². The van der Waals surface area contributed by atoms with E-state index in [9.17, 15) is 18.0 Å². The molecule has 3 atom stereocenters. The van der Waals surface area contributed by atoms with Crippen molar-refractivity contribution in [3.63, 3.8) is 0 Å². The highest BCUT2D eigenvalue weighted by Gasteiger charge is 2.44. The lowest BCUT2D eigenvalue weighted by atomic mass is 9.78. The molecule has 2 saturated carbocycles. The number of amides is 1. The van der Waals surface area contributed by atoms with Gasteiger partial charge in [-0.2, -0.15) is 0 Å². The van der Waals surface area contributed by atoms with Crippen LogP contribution in [0.3, 0.4) is 0 Å². The number of nitrogens with zero attached hydrogens (tertiary/aromatic N) is 2. The van der Waals surface area contributed by atoms with Gasteiger partial charge in [0.25, 0.3) is 0 Å². The summed E-state index contributed by atoms with van der Waals surface area (Å²) in [6.45, 7) is 6.30. The number of alkyl halides is 3. The highest BCUT2D eigenvalue weighted by Crippen LogP contribution is 2.46. The van der Waals surface area contributed by atoms with E-state index in [4.69, 9.17) is 14.0 Å². The van der Waals surface area contributed by atoms with Crippen LogP contribution in [-0.4, -0.2) is 46.8 Å². The highest BCUT2D eigenvalue weighted by atomic mass is 19.4. The lowest BCUT2D eigenvalue weighted by Gasteiger charge is -2.49. The average molecular weight is 509 g/mol. The Labute approximate surface area is 207 Å². The van der Waals surface area contributed by atoms with Crippen LogP contribution in [0.4, 0.5) is 18.0 Å². The quantitative estimate of drug-likeness (QED) is 0.448. The van der Waals surface area contributed by atoms with Gasteiger partial charge >= 0.3 is 12.5 Å². The molecular formula is C26H31F3N2O5. The fourth-order valence-corrected chi connectivity index (χ4v) is 5.22. The molecule has 1 aromatic heterocycles. The number of halogens is 3. The minimum atomic E-state index is -4.82. The fraction of sp³-hybridized carbons (Fsp3) is 0.615. The number of aromatic nitrogens is 1. The molecule has 0 N–H and O–H groups in total. The van der Waals surface area contributed by atoms with Gasteiger partial charge in [0.2, 0.25) is 0 Å². The maximum absolute atomic E-state index is 13.0. The minimum absolute atomic E-state index is 0.0422. The Hall–Kier alpha value is -2.75. The van der Waals surface area contributed by atoms with Crippen LogP contribution in [-0.2, 0) is 16.1 Å². The number of carbonyl (C=O) groups excluding carboxylic acids is 1. The molecule has 1 aromatic carbocycles. The van der Waals surface area contributed by atoms with Crippen LogP contribution < -0.4 is 4.74 Å². The molecule has 0 spiro atoms. The third kappa shape index (κ3) is 5.48. The summed E-state index contributed by atoms with van der Waals surface area (Å²) in [5.74, 6) is 0.705. The van der Waals surface area contributed by atoms with E-state index in [2.05, 4.69) is 9.89 Å².